The minimum absolute atomic E-state index is 0.431. The predicted molar refractivity (Wildman–Crippen MR) is 55.8 cm³/mol. The summed E-state index contributed by atoms with van der Waals surface area (Å²) in [5, 5.41) is 10.3. The van der Waals surface area contributed by atoms with E-state index in [2.05, 4.69) is 31.4 Å². The molecule has 0 amide bonds. The number of rotatable bonds is 3. The van der Waals surface area contributed by atoms with Gasteiger partial charge in [0.15, 0.2) is 0 Å². The SMILES string of the molecule is Brc1ccccc1CNc1nnco1. The first kappa shape index (κ1) is 9.21. The molecule has 5 heteroatoms. The zero-order chi connectivity index (χ0) is 9.80. The molecular formula is C9H8BrN3O. The number of benzene rings is 1. The predicted octanol–water partition coefficient (Wildman–Crippen LogP) is 2.44. The first-order valence-corrected chi connectivity index (χ1v) is 4.89. The minimum Gasteiger partial charge on any atom is -0.411 e. The van der Waals surface area contributed by atoms with Crippen molar-refractivity contribution in [1.29, 1.82) is 0 Å². The summed E-state index contributed by atoms with van der Waals surface area (Å²) in [4.78, 5) is 0. The molecule has 72 valence electrons. The fourth-order valence-corrected chi connectivity index (χ4v) is 1.49. The van der Waals surface area contributed by atoms with Crippen LogP contribution < -0.4 is 5.32 Å². The summed E-state index contributed by atoms with van der Waals surface area (Å²) >= 11 is 3.45. The van der Waals surface area contributed by atoms with Crippen LogP contribution in [0.3, 0.4) is 0 Å². The van der Waals surface area contributed by atoms with Gasteiger partial charge < -0.3 is 9.73 Å². The van der Waals surface area contributed by atoms with Gasteiger partial charge in [-0.15, -0.1) is 5.10 Å². The molecule has 0 fully saturated rings. The van der Waals surface area contributed by atoms with Crippen LogP contribution in [-0.2, 0) is 6.54 Å². The molecule has 1 heterocycles. The largest absolute Gasteiger partial charge is 0.411 e. The van der Waals surface area contributed by atoms with Crippen LogP contribution in [0.4, 0.5) is 6.01 Å². The van der Waals surface area contributed by atoms with E-state index in [0.717, 1.165) is 10.0 Å². The molecule has 0 unspecified atom stereocenters. The van der Waals surface area contributed by atoms with Crippen LogP contribution in [-0.4, -0.2) is 10.2 Å². The number of halogens is 1. The van der Waals surface area contributed by atoms with Crippen molar-refractivity contribution in [2.75, 3.05) is 5.32 Å². The smallest absolute Gasteiger partial charge is 0.315 e. The molecule has 0 radical (unpaired) electrons. The van der Waals surface area contributed by atoms with E-state index in [-0.39, 0.29) is 0 Å². The Labute approximate surface area is 89.5 Å². The van der Waals surface area contributed by atoms with Crippen LogP contribution in [0.5, 0.6) is 0 Å². The second-order valence-corrected chi connectivity index (χ2v) is 3.54. The highest BCUT2D eigenvalue weighted by molar-refractivity contribution is 9.10. The highest BCUT2D eigenvalue weighted by Crippen LogP contribution is 2.16. The normalized spacial score (nSPS) is 10.1. The summed E-state index contributed by atoms with van der Waals surface area (Å²) in [6.07, 6.45) is 1.29. The molecule has 0 spiro atoms. The lowest BCUT2D eigenvalue weighted by Crippen LogP contribution is -2.00. The van der Waals surface area contributed by atoms with Gasteiger partial charge in [0.25, 0.3) is 0 Å². The van der Waals surface area contributed by atoms with Crippen LogP contribution in [0.15, 0.2) is 39.5 Å². The van der Waals surface area contributed by atoms with Gasteiger partial charge in [0.05, 0.1) is 0 Å². The molecule has 2 aromatic rings. The van der Waals surface area contributed by atoms with Gasteiger partial charge in [-0.05, 0) is 11.6 Å². The van der Waals surface area contributed by atoms with Crippen molar-refractivity contribution in [3.63, 3.8) is 0 Å². The summed E-state index contributed by atoms with van der Waals surface area (Å²) < 4.78 is 6.01. The number of hydrogen-bond donors (Lipinski definition) is 1. The van der Waals surface area contributed by atoms with Crippen LogP contribution in [0, 0.1) is 0 Å². The Morgan fingerprint density at radius 3 is 2.93 bits per heavy atom. The number of nitrogens with zero attached hydrogens (tertiary/aromatic N) is 2. The fraction of sp³-hybridized carbons (Fsp3) is 0.111. The zero-order valence-electron chi connectivity index (χ0n) is 7.27. The Hall–Kier alpha value is -1.36. The lowest BCUT2D eigenvalue weighted by Gasteiger charge is -2.03. The highest BCUT2D eigenvalue weighted by atomic mass is 79.9. The average molecular weight is 254 g/mol. The third kappa shape index (κ3) is 2.11. The lowest BCUT2D eigenvalue weighted by molar-refractivity contribution is 0.565. The molecule has 0 aliphatic heterocycles. The molecule has 4 nitrogen and oxygen atoms in total. The third-order valence-corrected chi connectivity index (χ3v) is 2.52. The first-order chi connectivity index (χ1) is 6.86. The van der Waals surface area contributed by atoms with E-state index in [1.807, 2.05) is 24.3 Å². The molecule has 1 aromatic carbocycles. The van der Waals surface area contributed by atoms with Gasteiger partial charge in [0, 0.05) is 11.0 Å². The second-order valence-electron chi connectivity index (χ2n) is 2.69. The average Bonchev–Trinajstić information content (AvgIpc) is 2.69. The maximum Gasteiger partial charge on any atom is 0.315 e. The zero-order valence-corrected chi connectivity index (χ0v) is 8.86. The van der Waals surface area contributed by atoms with Crippen molar-refractivity contribution >= 4 is 21.9 Å². The van der Waals surface area contributed by atoms with E-state index in [1.165, 1.54) is 6.39 Å². The molecule has 14 heavy (non-hydrogen) atoms. The molecule has 1 N–H and O–H groups in total. The van der Waals surface area contributed by atoms with E-state index < -0.39 is 0 Å². The van der Waals surface area contributed by atoms with Gasteiger partial charge in [-0.25, -0.2) is 0 Å². The van der Waals surface area contributed by atoms with Crippen molar-refractivity contribution in [2.24, 2.45) is 0 Å². The molecule has 0 atom stereocenters. The van der Waals surface area contributed by atoms with Crippen molar-refractivity contribution in [3.8, 4) is 0 Å². The number of hydrogen-bond acceptors (Lipinski definition) is 4. The third-order valence-electron chi connectivity index (χ3n) is 1.75. The molecule has 0 aliphatic carbocycles. The van der Waals surface area contributed by atoms with Crippen molar-refractivity contribution < 1.29 is 4.42 Å². The van der Waals surface area contributed by atoms with E-state index >= 15 is 0 Å². The number of nitrogens with one attached hydrogen (secondary N) is 1. The molecular weight excluding hydrogens is 246 g/mol. The van der Waals surface area contributed by atoms with Gasteiger partial charge in [-0.2, -0.15) is 0 Å². The Morgan fingerprint density at radius 1 is 1.36 bits per heavy atom. The van der Waals surface area contributed by atoms with Crippen LogP contribution >= 0.6 is 15.9 Å². The highest BCUT2D eigenvalue weighted by Gasteiger charge is 2.00. The molecule has 0 bridgehead atoms. The van der Waals surface area contributed by atoms with Gasteiger partial charge in [0.1, 0.15) is 0 Å². The Morgan fingerprint density at radius 2 is 2.21 bits per heavy atom. The van der Waals surface area contributed by atoms with Crippen LogP contribution in [0.1, 0.15) is 5.56 Å². The van der Waals surface area contributed by atoms with Crippen LogP contribution in [0.25, 0.3) is 0 Å². The summed E-state index contributed by atoms with van der Waals surface area (Å²) in [6, 6.07) is 8.40. The second kappa shape index (κ2) is 4.23. The summed E-state index contributed by atoms with van der Waals surface area (Å²) in [7, 11) is 0. The Bertz CT molecular complexity index is 402. The summed E-state index contributed by atoms with van der Waals surface area (Å²) in [5.41, 5.74) is 1.14. The number of anilines is 1. The molecule has 0 saturated carbocycles. The Kier molecular flexibility index (Phi) is 2.78. The Balaban J connectivity index is 2.02. The summed E-state index contributed by atoms with van der Waals surface area (Å²) in [5.74, 6) is 0. The lowest BCUT2D eigenvalue weighted by atomic mass is 10.2. The van der Waals surface area contributed by atoms with Gasteiger partial charge in [0.2, 0.25) is 6.39 Å². The van der Waals surface area contributed by atoms with Crippen molar-refractivity contribution in [1.82, 2.24) is 10.2 Å². The van der Waals surface area contributed by atoms with E-state index in [1.54, 1.807) is 0 Å². The quantitative estimate of drug-likeness (QED) is 0.913. The topological polar surface area (TPSA) is 51.0 Å². The monoisotopic (exact) mass is 253 g/mol. The molecule has 2 rings (SSSR count). The van der Waals surface area contributed by atoms with Crippen LogP contribution in [0.2, 0.25) is 0 Å². The molecule has 0 aliphatic rings. The fourth-order valence-electron chi connectivity index (χ4n) is 1.06. The van der Waals surface area contributed by atoms with E-state index in [4.69, 9.17) is 4.42 Å². The minimum atomic E-state index is 0.431. The maximum absolute atomic E-state index is 4.95. The molecule has 1 aromatic heterocycles. The van der Waals surface area contributed by atoms with Gasteiger partial charge in [-0.3, -0.25) is 0 Å². The number of aromatic nitrogens is 2. The van der Waals surface area contributed by atoms with Gasteiger partial charge in [-0.1, -0.05) is 39.2 Å². The standard InChI is InChI=1S/C9H8BrN3O/c10-8-4-2-1-3-7(8)5-11-9-13-12-6-14-9/h1-4,6H,5H2,(H,11,13). The maximum atomic E-state index is 4.95. The molecule has 0 saturated heterocycles. The first-order valence-electron chi connectivity index (χ1n) is 4.10. The van der Waals surface area contributed by atoms with Crippen molar-refractivity contribution in [2.45, 2.75) is 6.54 Å². The van der Waals surface area contributed by atoms with Crippen molar-refractivity contribution in [3.05, 3.63) is 40.7 Å². The van der Waals surface area contributed by atoms with Gasteiger partial charge >= 0.3 is 6.01 Å². The summed E-state index contributed by atoms with van der Waals surface area (Å²) in [6.45, 7) is 0.656. The van der Waals surface area contributed by atoms with E-state index in [9.17, 15) is 0 Å². The van der Waals surface area contributed by atoms with E-state index in [0.29, 0.717) is 12.6 Å².